The first kappa shape index (κ1) is 22.5. The molecule has 0 aromatic heterocycles. The number of carbonyl (C=O) groups is 1. The van der Waals surface area contributed by atoms with Crippen molar-refractivity contribution in [1.82, 2.24) is 15.1 Å². The molecule has 0 bridgehead atoms. The van der Waals surface area contributed by atoms with E-state index in [1.54, 1.807) is 7.11 Å². The van der Waals surface area contributed by atoms with Crippen LogP contribution in [-0.4, -0.2) is 62.3 Å². The first-order chi connectivity index (χ1) is 15.2. The highest BCUT2D eigenvalue weighted by molar-refractivity contribution is 5.74. The van der Waals surface area contributed by atoms with Crippen molar-refractivity contribution >= 4 is 6.03 Å². The van der Waals surface area contributed by atoms with Crippen molar-refractivity contribution in [3.05, 3.63) is 59.7 Å². The zero-order chi connectivity index (χ0) is 21.9. The highest BCUT2D eigenvalue weighted by Gasteiger charge is 2.19. The van der Waals surface area contributed by atoms with Gasteiger partial charge in [-0.05, 0) is 48.2 Å². The Hall–Kier alpha value is -3.17. The van der Waals surface area contributed by atoms with E-state index < -0.39 is 0 Å². The van der Waals surface area contributed by atoms with Gasteiger partial charge in [0.25, 0.3) is 0 Å². The second-order valence-electron chi connectivity index (χ2n) is 7.58. The lowest BCUT2D eigenvalue weighted by molar-refractivity contribution is 0.198. The highest BCUT2D eigenvalue weighted by atomic mass is 16.5. The standard InChI is InChI=1S/C25H31N3O3/c1-3-19-31-24-11-5-21(6-12-24)13-14-26-25(29)28-16-4-15-27(17-18-28)20-22-7-9-23(30-2)10-8-22/h1,5-12H,4,13-20H2,2H3,(H,26,29). The Labute approximate surface area is 185 Å². The highest BCUT2D eigenvalue weighted by Crippen LogP contribution is 2.15. The molecule has 0 saturated carbocycles. The summed E-state index contributed by atoms with van der Waals surface area (Å²) < 4.78 is 10.6. The van der Waals surface area contributed by atoms with E-state index >= 15 is 0 Å². The molecule has 1 aliphatic heterocycles. The van der Waals surface area contributed by atoms with Gasteiger partial charge < -0.3 is 19.7 Å². The van der Waals surface area contributed by atoms with Gasteiger partial charge in [0.1, 0.15) is 18.1 Å². The van der Waals surface area contributed by atoms with E-state index in [0.717, 1.165) is 62.6 Å². The molecule has 6 heteroatoms. The van der Waals surface area contributed by atoms with Gasteiger partial charge in [-0.25, -0.2) is 4.79 Å². The van der Waals surface area contributed by atoms with Gasteiger partial charge in [0.15, 0.2) is 0 Å². The fourth-order valence-corrected chi connectivity index (χ4v) is 3.62. The molecule has 1 aliphatic rings. The van der Waals surface area contributed by atoms with E-state index in [2.05, 4.69) is 28.3 Å². The molecule has 0 unspecified atom stereocenters. The number of hydrogen-bond donors (Lipinski definition) is 1. The number of carbonyl (C=O) groups excluding carboxylic acids is 1. The SMILES string of the molecule is C#CCOc1ccc(CCNC(=O)N2CCCN(Cc3ccc(OC)cc3)CC2)cc1. The molecule has 2 aromatic rings. The average Bonchev–Trinajstić information content (AvgIpc) is 3.04. The van der Waals surface area contributed by atoms with E-state index in [-0.39, 0.29) is 12.6 Å². The number of ether oxygens (including phenoxy) is 2. The fraction of sp³-hybridized carbons (Fsp3) is 0.400. The molecule has 2 amide bonds. The van der Waals surface area contributed by atoms with Crippen LogP contribution in [0.1, 0.15) is 17.5 Å². The molecule has 1 fully saturated rings. The minimum absolute atomic E-state index is 0.0141. The van der Waals surface area contributed by atoms with Gasteiger partial charge in [-0.3, -0.25) is 4.90 Å². The van der Waals surface area contributed by atoms with Crippen LogP contribution in [0.4, 0.5) is 4.79 Å². The van der Waals surface area contributed by atoms with Crippen LogP contribution in [-0.2, 0) is 13.0 Å². The summed E-state index contributed by atoms with van der Waals surface area (Å²) in [5.74, 6) is 4.08. The number of benzene rings is 2. The zero-order valence-corrected chi connectivity index (χ0v) is 18.2. The van der Waals surface area contributed by atoms with Crippen molar-refractivity contribution in [3.8, 4) is 23.8 Å². The molecule has 0 radical (unpaired) electrons. The topological polar surface area (TPSA) is 54.0 Å². The normalized spacial score (nSPS) is 14.4. The van der Waals surface area contributed by atoms with Crippen LogP contribution in [0.5, 0.6) is 11.5 Å². The molecule has 1 N–H and O–H groups in total. The van der Waals surface area contributed by atoms with E-state index in [9.17, 15) is 4.79 Å². The van der Waals surface area contributed by atoms with E-state index in [4.69, 9.17) is 15.9 Å². The summed E-state index contributed by atoms with van der Waals surface area (Å²) in [6, 6.07) is 16.0. The number of methoxy groups -OCH3 is 1. The molecular weight excluding hydrogens is 390 g/mol. The summed E-state index contributed by atoms with van der Waals surface area (Å²) in [6.45, 7) is 5.15. The quantitative estimate of drug-likeness (QED) is 0.666. The van der Waals surface area contributed by atoms with E-state index in [1.165, 1.54) is 5.56 Å². The molecule has 0 spiro atoms. The van der Waals surface area contributed by atoms with E-state index in [1.807, 2.05) is 41.3 Å². The summed E-state index contributed by atoms with van der Waals surface area (Å²) in [5.41, 5.74) is 2.41. The maximum Gasteiger partial charge on any atom is 0.317 e. The molecule has 164 valence electrons. The Balaban J connectivity index is 1.39. The van der Waals surface area contributed by atoms with Crippen LogP contribution < -0.4 is 14.8 Å². The van der Waals surface area contributed by atoms with Crippen LogP contribution in [0.25, 0.3) is 0 Å². The molecule has 0 atom stereocenters. The van der Waals surface area contributed by atoms with Crippen LogP contribution in [0.15, 0.2) is 48.5 Å². The van der Waals surface area contributed by atoms with Crippen molar-refractivity contribution in [2.24, 2.45) is 0 Å². The Morgan fingerprint density at radius 1 is 1.00 bits per heavy atom. The van der Waals surface area contributed by atoms with Crippen LogP contribution in [0.2, 0.25) is 0 Å². The smallest absolute Gasteiger partial charge is 0.317 e. The second-order valence-corrected chi connectivity index (χ2v) is 7.58. The van der Waals surface area contributed by atoms with Gasteiger partial charge in [-0.2, -0.15) is 0 Å². The Kier molecular flexibility index (Phi) is 8.62. The summed E-state index contributed by atoms with van der Waals surface area (Å²) in [7, 11) is 1.68. The summed E-state index contributed by atoms with van der Waals surface area (Å²) in [4.78, 5) is 16.9. The van der Waals surface area contributed by atoms with Crippen molar-refractivity contribution < 1.29 is 14.3 Å². The molecule has 6 nitrogen and oxygen atoms in total. The second kappa shape index (κ2) is 11.9. The lowest BCUT2D eigenvalue weighted by Crippen LogP contribution is -2.42. The predicted molar refractivity (Wildman–Crippen MR) is 122 cm³/mol. The summed E-state index contributed by atoms with van der Waals surface area (Å²) >= 11 is 0. The zero-order valence-electron chi connectivity index (χ0n) is 18.2. The van der Waals surface area contributed by atoms with Gasteiger partial charge in [-0.1, -0.05) is 30.2 Å². The van der Waals surface area contributed by atoms with Gasteiger partial charge in [0, 0.05) is 39.3 Å². The van der Waals surface area contributed by atoms with Crippen LogP contribution >= 0.6 is 0 Å². The minimum atomic E-state index is 0.0141. The molecule has 1 saturated heterocycles. The van der Waals surface area contributed by atoms with Crippen LogP contribution in [0, 0.1) is 12.3 Å². The molecule has 31 heavy (non-hydrogen) atoms. The van der Waals surface area contributed by atoms with Gasteiger partial charge >= 0.3 is 6.03 Å². The van der Waals surface area contributed by atoms with Gasteiger partial charge in [-0.15, -0.1) is 6.42 Å². The first-order valence-corrected chi connectivity index (χ1v) is 10.7. The maximum atomic E-state index is 12.6. The van der Waals surface area contributed by atoms with Crippen LogP contribution in [0.3, 0.4) is 0 Å². The van der Waals surface area contributed by atoms with Crippen molar-refractivity contribution in [2.75, 3.05) is 46.4 Å². The Morgan fingerprint density at radius 2 is 1.71 bits per heavy atom. The third-order valence-electron chi connectivity index (χ3n) is 5.38. The number of terminal acetylenes is 1. The third kappa shape index (κ3) is 7.23. The predicted octanol–water partition coefficient (Wildman–Crippen LogP) is 3.17. The Bertz CT molecular complexity index is 859. The number of hydrogen-bond acceptors (Lipinski definition) is 4. The monoisotopic (exact) mass is 421 g/mol. The largest absolute Gasteiger partial charge is 0.497 e. The molecule has 0 aliphatic carbocycles. The number of amides is 2. The molecular formula is C25H31N3O3. The van der Waals surface area contributed by atoms with Crippen molar-refractivity contribution in [3.63, 3.8) is 0 Å². The number of urea groups is 1. The number of rotatable bonds is 8. The third-order valence-corrected chi connectivity index (χ3v) is 5.38. The van der Waals surface area contributed by atoms with Crippen molar-refractivity contribution in [2.45, 2.75) is 19.4 Å². The maximum absolute atomic E-state index is 12.6. The number of nitrogens with one attached hydrogen (secondary N) is 1. The molecule has 1 heterocycles. The average molecular weight is 422 g/mol. The lowest BCUT2D eigenvalue weighted by Gasteiger charge is -2.22. The van der Waals surface area contributed by atoms with Gasteiger partial charge in [0.2, 0.25) is 0 Å². The molecule has 3 rings (SSSR count). The summed E-state index contributed by atoms with van der Waals surface area (Å²) in [6.07, 6.45) is 6.95. The first-order valence-electron chi connectivity index (χ1n) is 10.7. The fourth-order valence-electron chi connectivity index (χ4n) is 3.62. The minimum Gasteiger partial charge on any atom is -0.497 e. The number of nitrogens with zero attached hydrogens (tertiary/aromatic N) is 2. The van der Waals surface area contributed by atoms with E-state index in [0.29, 0.717) is 6.54 Å². The van der Waals surface area contributed by atoms with Gasteiger partial charge in [0.05, 0.1) is 7.11 Å². The lowest BCUT2D eigenvalue weighted by atomic mass is 10.1. The Morgan fingerprint density at radius 3 is 2.42 bits per heavy atom. The molecule has 2 aromatic carbocycles. The van der Waals surface area contributed by atoms with Crippen molar-refractivity contribution in [1.29, 1.82) is 0 Å². The summed E-state index contributed by atoms with van der Waals surface area (Å²) in [5, 5.41) is 3.05.